The Balaban J connectivity index is 1.49. The van der Waals surface area contributed by atoms with Crippen molar-refractivity contribution in [3.63, 3.8) is 0 Å². The number of nitrogens with one attached hydrogen (secondary N) is 1. The second-order valence-corrected chi connectivity index (χ2v) is 10.5. The van der Waals surface area contributed by atoms with Crippen LogP contribution in [0.2, 0.25) is 0 Å². The molecule has 7 nitrogen and oxygen atoms in total. The molecule has 4 rings (SSSR count). The van der Waals surface area contributed by atoms with Crippen LogP contribution in [0.15, 0.2) is 45.8 Å². The number of likely N-dealkylation sites (tertiary alicyclic amines) is 1. The van der Waals surface area contributed by atoms with E-state index in [-0.39, 0.29) is 23.5 Å². The minimum absolute atomic E-state index is 0.0381. The quantitative estimate of drug-likeness (QED) is 0.768. The zero-order valence-corrected chi connectivity index (χ0v) is 18.1. The third-order valence-corrected chi connectivity index (χ3v) is 7.81. The normalized spacial score (nSPS) is 23.1. The first-order chi connectivity index (χ1) is 13.9. The van der Waals surface area contributed by atoms with E-state index < -0.39 is 10.0 Å². The predicted molar refractivity (Wildman–Crippen MR) is 115 cm³/mol. The van der Waals surface area contributed by atoms with Gasteiger partial charge in [0, 0.05) is 24.2 Å². The Labute approximate surface area is 175 Å². The van der Waals surface area contributed by atoms with Gasteiger partial charge in [0.1, 0.15) is 0 Å². The fourth-order valence-corrected chi connectivity index (χ4v) is 5.76. The van der Waals surface area contributed by atoms with Crippen molar-refractivity contribution in [3.8, 4) is 0 Å². The maximum absolute atomic E-state index is 12.9. The van der Waals surface area contributed by atoms with Crippen LogP contribution in [-0.4, -0.2) is 61.9 Å². The van der Waals surface area contributed by atoms with Gasteiger partial charge in [0.15, 0.2) is 5.84 Å². The van der Waals surface area contributed by atoms with E-state index in [0.717, 1.165) is 31.8 Å². The second-order valence-electron chi connectivity index (χ2n) is 7.78. The lowest BCUT2D eigenvalue weighted by Crippen LogP contribution is -2.45. The molecule has 1 unspecified atom stereocenters. The van der Waals surface area contributed by atoms with E-state index >= 15 is 0 Å². The molecule has 3 aliphatic heterocycles. The van der Waals surface area contributed by atoms with Crippen molar-refractivity contribution in [2.45, 2.75) is 25.8 Å². The van der Waals surface area contributed by atoms with Gasteiger partial charge in [-0.05, 0) is 55.4 Å². The third kappa shape index (κ3) is 4.62. The summed E-state index contributed by atoms with van der Waals surface area (Å²) in [6.45, 7) is 5.11. The average Bonchev–Trinajstić information content (AvgIpc) is 3.22. The Morgan fingerprint density at radius 2 is 2.14 bits per heavy atom. The number of thiophene rings is 1. The van der Waals surface area contributed by atoms with Gasteiger partial charge in [0.2, 0.25) is 0 Å². The van der Waals surface area contributed by atoms with Crippen molar-refractivity contribution in [3.05, 3.63) is 46.3 Å². The monoisotopic (exact) mass is 434 g/mol. The van der Waals surface area contributed by atoms with E-state index in [9.17, 15) is 13.2 Å². The molecule has 0 aliphatic carbocycles. The number of amidine groups is 1. The molecule has 0 saturated carbocycles. The summed E-state index contributed by atoms with van der Waals surface area (Å²) in [5.74, 6) is 0.628. The van der Waals surface area contributed by atoms with Gasteiger partial charge in [-0.2, -0.15) is 0 Å². The van der Waals surface area contributed by atoms with Crippen LogP contribution < -0.4 is 5.32 Å². The average molecular weight is 435 g/mol. The van der Waals surface area contributed by atoms with Crippen LogP contribution in [0.1, 0.15) is 30.7 Å². The number of nitrogens with zero attached hydrogens (tertiary/aromatic N) is 3. The molecule has 1 N–H and O–H groups in total. The number of fused-ring (bicyclic) bond motifs is 1. The van der Waals surface area contributed by atoms with Crippen LogP contribution in [0.25, 0.3) is 0 Å². The Morgan fingerprint density at radius 1 is 1.34 bits per heavy atom. The number of rotatable bonds is 5. The van der Waals surface area contributed by atoms with Gasteiger partial charge < -0.3 is 10.2 Å². The first-order valence-corrected chi connectivity index (χ1v) is 12.5. The molecule has 1 atom stereocenters. The van der Waals surface area contributed by atoms with Crippen LogP contribution in [0, 0.1) is 5.92 Å². The second kappa shape index (κ2) is 8.41. The lowest BCUT2D eigenvalue weighted by molar-refractivity contribution is -0.117. The van der Waals surface area contributed by atoms with E-state index in [1.54, 1.807) is 34.6 Å². The van der Waals surface area contributed by atoms with Crippen LogP contribution in [-0.2, 0) is 14.8 Å². The Kier molecular flexibility index (Phi) is 5.89. The molecular weight excluding hydrogens is 408 g/mol. The third-order valence-electron chi connectivity index (χ3n) is 5.69. The van der Waals surface area contributed by atoms with Crippen LogP contribution in [0.3, 0.4) is 0 Å². The lowest BCUT2D eigenvalue weighted by Gasteiger charge is -2.36. The number of carbonyl (C=O) groups is 1. The summed E-state index contributed by atoms with van der Waals surface area (Å²) in [5.41, 5.74) is 0.299. The highest BCUT2D eigenvalue weighted by atomic mass is 32.2. The number of carbonyl (C=O) groups excluding carboxylic acids is 1. The molecule has 29 heavy (non-hydrogen) atoms. The summed E-state index contributed by atoms with van der Waals surface area (Å²) in [6.07, 6.45) is 7.47. The molecule has 4 heterocycles. The topological polar surface area (TPSA) is 82.1 Å². The molecular formula is C20H26N4O3S2. The van der Waals surface area contributed by atoms with Crippen LogP contribution in [0.5, 0.6) is 0 Å². The molecule has 3 aliphatic rings. The van der Waals surface area contributed by atoms with Gasteiger partial charge in [-0.25, -0.2) is 8.42 Å². The SMILES string of the molecule is CC1CCN(C(CNC(=O)C2=CC=CN3CCS(=O)(=O)N=C23)c2cccs2)CC1. The summed E-state index contributed by atoms with van der Waals surface area (Å²) in [5, 5.41) is 5.09. The van der Waals surface area contributed by atoms with Crippen LogP contribution in [0.4, 0.5) is 0 Å². The minimum atomic E-state index is -3.52. The lowest BCUT2D eigenvalue weighted by atomic mass is 9.97. The first-order valence-electron chi connectivity index (χ1n) is 9.97. The van der Waals surface area contributed by atoms with E-state index in [0.29, 0.717) is 18.7 Å². The van der Waals surface area contributed by atoms with Gasteiger partial charge >= 0.3 is 0 Å². The smallest absolute Gasteiger partial charge is 0.256 e. The highest BCUT2D eigenvalue weighted by Crippen LogP contribution is 2.29. The van der Waals surface area contributed by atoms with Gasteiger partial charge in [0.05, 0.1) is 17.4 Å². The molecule has 9 heteroatoms. The molecule has 0 aromatic carbocycles. The predicted octanol–water partition coefficient (Wildman–Crippen LogP) is 2.13. The number of hydrogen-bond donors (Lipinski definition) is 1. The zero-order chi connectivity index (χ0) is 20.4. The number of hydrogen-bond acceptors (Lipinski definition) is 6. The molecule has 1 amide bonds. The fourth-order valence-electron chi connectivity index (χ4n) is 3.91. The van der Waals surface area contributed by atoms with E-state index in [1.807, 2.05) is 6.07 Å². The Hall–Kier alpha value is -1.97. The van der Waals surface area contributed by atoms with E-state index in [4.69, 9.17) is 0 Å². The Morgan fingerprint density at radius 3 is 2.86 bits per heavy atom. The maximum Gasteiger partial charge on any atom is 0.256 e. The summed E-state index contributed by atoms with van der Waals surface area (Å²) < 4.78 is 27.7. The standard InChI is InChI=1S/C20H26N4O3S2/c1-15-6-9-23(10-7-15)17(18-5-3-12-28-18)14-21-20(25)16-4-2-8-24-11-13-29(26,27)22-19(16)24/h2-5,8,12,15,17H,6-7,9-11,13-14H2,1H3,(H,21,25). The molecule has 1 saturated heterocycles. The van der Waals surface area contributed by atoms with Gasteiger partial charge in [-0.3, -0.25) is 9.69 Å². The molecule has 156 valence electrons. The summed E-state index contributed by atoms with van der Waals surface area (Å²) in [4.78, 5) is 18.3. The summed E-state index contributed by atoms with van der Waals surface area (Å²) >= 11 is 1.70. The van der Waals surface area contributed by atoms with E-state index in [2.05, 4.69) is 33.0 Å². The van der Waals surface area contributed by atoms with Crippen molar-refractivity contribution in [1.82, 2.24) is 15.1 Å². The number of amides is 1. The number of piperidine rings is 1. The molecule has 0 spiro atoms. The van der Waals surface area contributed by atoms with Gasteiger partial charge in [-0.15, -0.1) is 15.7 Å². The Bertz CT molecular complexity index is 942. The van der Waals surface area contributed by atoms with Crippen molar-refractivity contribution in [2.75, 3.05) is 31.9 Å². The molecule has 1 fully saturated rings. The van der Waals surface area contributed by atoms with Gasteiger partial charge in [0.25, 0.3) is 15.9 Å². The van der Waals surface area contributed by atoms with Crippen molar-refractivity contribution < 1.29 is 13.2 Å². The molecule has 0 radical (unpaired) electrons. The van der Waals surface area contributed by atoms with Crippen molar-refractivity contribution in [2.24, 2.45) is 10.3 Å². The minimum Gasteiger partial charge on any atom is -0.350 e. The molecule has 0 bridgehead atoms. The maximum atomic E-state index is 12.9. The van der Waals surface area contributed by atoms with Crippen LogP contribution >= 0.6 is 11.3 Å². The van der Waals surface area contributed by atoms with Gasteiger partial charge in [-0.1, -0.05) is 13.0 Å². The zero-order valence-electron chi connectivity index (χ0n) is 16.5. The fraction of sp³-hybridized carbons (Fsp3) is 0.500. The van der Waals surface area contributed by atoms with Crippen molar-refractivity contribution in [1.29, 1.82) is 0 Å². The van der Waals surface area contributed by atoms with E-state index in [1.165, 1.54) is 4.88 Å². The number of sulfonamides is 1. The first kappa shape index (κ1) is 20.3. The summed E-state index contributed by atoms with van der Waals surface area (Å²) in [6, 6.07) is 4.27. The van der Waals surface area contributed by atoms with Crippen molar-refractivity contribution >= 4 is 33.1 Å². The molecule has 1 aromatic rings. The highest BCUT2D eigenvalue weighted by Gasteiger charge is 2.31. The largest absolute Gasteiger partial charge is 0.350 e. The molecule has 1 aromatic heterocycles. The highest BCUT2D eigenvalue weighted by molar-refractivity contribution is 7.90. The summed E-state index contributed by atoms with van der Waals surface area (Å²) in [7, 11) is -3.52. The number of allylic oxidation sites excluding steroid dienone is 2.